The van der Waals surface area contributed by atoms with Gasteiger partial charge in [-0.3, -0.25) is 4.98 Å². The first kappa shape index (κ1) is 12.0. The number of anilines is 1. The van der Waals surface area contributed by atoms with Crippen LogP contribution in [0, 0.1) is 5.82 Å². The zero-order valence-electron chi connectivity index (χ0n) is 9.32. The first-order valence-electron chi connectivity index (χ1n) is 5.28. The predicted octanol–water partition coefficient (Wildman–Crippen LogP) is 4.16. The highest BCUT2D eigenvalue weighted by atomic mass is 79.9. The van der Waals surface area contributed by atoms with E-state index < -0.39 is 0 Å². The van der Waals surface area contributed by atoms with Crippen molar-refractivity contribution in [1.82, 2.24) is 4.98 Å². The Balaban J connectivity index is 2.17. The molecule has 1 atom stereocenters. The summed E-state index contributed by atoms with van der Waals surface area (Å²) in [5.41, 5.74) is 1.95. The van der Waals surface area contributed by atoms with Crippen molar-refractivity contribution in [3.8, 4) is 0 Å². The van der Waals surface area contributed by atoms with Crippen LogP contribution < -0.4 is 5.32 Å². The van der Waals surface area contributed by atoms with E-state index in [9.17, 15) is 4.39 Å². The fraction of sp³-hybridized carbons (Fsp3) is 0.154. The standard InChI is InChI=1S/C13H12BrFN2/c1-9(17-11-3-2-6-16-8-11)12-5-4-10(15)7-13(12)14/h2-9,17H,1H3. The average Bonchev–Trinajstić information content (AvgIpc) is 2.30. The lowest BCUT2D eigenvalue weighted by Crippen LogP contribution is -2.07. The maximum absolute atomic E-state index is 13.0. The Morgan fingerprint density at radius 1 is 1.35 bits per heavy atom. The van der Waals surface area contributed by atoms with Crippen LogP contribution in [0.5, 0.6) is 0 Å². The van der Waals surface area contributed by atoms with Crippen molar-refractivity contribution in [2.45, 2.75) is 13.0 Å². The zero-order valence-corrected chi connectivity index (χ0v) is 10.9. The third-order valence-electron chi connectivity index (χ3n) is 2.47. The molecule has 2 nitrogen and oxygen atoms in total. The van der Waals surface area contributed by atoms with Gasteiger partial charge in [0.15, 0.2) is 0 Å². The molecule has 0 spiro atoms. The number of hydrogen-bond donors (Lipinski definition) is 1. The molecule has 0 bridgehead atoms. The molecule has 1 N–H and O–H groups in total. The van der Waals surface area contributed by atoms with E-state index in [2.05, 4.69) is 26.2 Å². The Bertz CT molecular complexity index is 502. The van der Waals surface area contributed by atoms with Crippen LogP contribution in [-0.4, -0.2) is 4.98 Å². The largest absolute Gasteiger partial charge is 0.377 e. The molecular formula is C13H12BrFN2. The molecule has 2 rings (SSSR count). The molecule has 0 aliphatic carbocycles. The van der Waals surface area contributed by atoms with Gasteiger partial charge in [0, 0.05) is 22.9 Å². The van der Waals surface area contributed by atoms with Crippen molar-refractivity contribution in [3.05, 3.63) is 58.6 Å². The smallest absolute Gasteiger partial charge is 0.124 e. The minimum atomic E-state index is -0.241. The number of pyridine rings is 1. The normalized spacial score (nSPS) is 12.2. The maximum Gasteiger partial charge on any atom is 0.124 e. The van der Waals surface area contributed by atoms with Crippen molar-refractivity contribution < 1.29 is 4.39 Å². The van der Waals surface area contributed by atoms with Gasteiger partial charge in [-0.15, -0.1) is 0 Å². The molecule has 2 aromatic rings. The predicted molar refractivity (Wildman–Crippen MR) is 70.4 cm³/mol. The van der Waals surface area contributed by atoms with E-state index in [-0.39, 0.29) is 11.9 Å². The molecule has 1 aromatic heterocycles. The third kappa shape index (κ3) is 3.03. The van der Waals surface area contributed by atoms with Gasteiger partial charge in [-0.25, -0.2) is 4.39 Å². The van der Waals surface area contributed by atoms with E-state index in [0.717, 1.165) is 15.7 Å². The van der Waals surface area contributed by atoms with Crippen molar-refractivity contribution in [2.75, 3.05) is 5.32 Å². The Kier molecular flexibility index (Phi) is 3.74. The van der Waals surface area contributed by atoms with Crippen LogP contribution in [0.4, 0.5) is 10.1 Å². The summed E-state index contributed by atoms with van der Waals surface area (Å²) in [5.74, 6) is -0.241. The fourth-order valence-electron chi connectivity index (χ4n) is 1.63. The third-order valence-corrected chi connectivity index (χ3v) is 3.16. The second-order valence-corrected chi connectivity index (χ2v) is 4.63. The number of aromatic nitrogens is 1. The number of nitrogens with one attached hydrogen (secondary N) is 1. The molecule has 1 unspecified atom stereocenters. The van der Waals surface area contributed by atoms with E-state index in [1.807, 2.05) is 19.1 Å². The Morgan fingerprint density at radius 2 is 2.18 bits per heavy atom. The molecule has 88 valence electrons. The summed E-state index contributed by atoms with van der Waals surface area (Å²) in [6.45, 7) is 2.02. The summed E-state index contributed by atoms with van der Waals surface area (Å²) in [6.07, 6.45) is 3.48. The summed E-state index contributed by atoms with van der Waals surface area (Å²) < 4.78 is 13.7. The van der Waals surface area contributed by atoms with E-state index in [1.165, 1.54) is 12.1 Å². The first-order valence-corrected chi connectivity index (χ1v) is 6.07. The van der Waals surface area contributed by atoms with Crippen molar-refractivity contribution >= 4 is 21.6 Å². The van der Waals surface area contributed by atoms with Crippen molar-refractivity contribution in [1.29, 1.82) is 0 Å². The molecule has 1 heterocycles. The van der Waals surface area contributed by atoms with Crippen LogP contribution in [0.3, 0.4) is 0 Å². The van der Waals surface area contributed by atoms with Gasteiger partial charge in [0.2, 0.25) is 0 Å². The summed E-state index contributed by atoms with van der Waals surface area (Å²) in [4.78, 5) is 4.03. The van der Waals surface area contributed by atoms with Crippen LogP contribution in [0.1, 0.15) is 18.5 Å². The van der Waals surface area contributed by atoms with Gasteiger partial charge in [0.25, 0.3) is 0 Å². The SMILES string of the molecule is CC(Nc1cccnc1)c1ccc(F)cc1Br. The van der Waals surface area contributed by atoms with Crippen molar-refractivity contribution in [3.63, 3.8) is 0 Å². The molecule has 0 fully saturated rings. The molecule has 17 heavy (non-hydrogen) atoms. The van der Waals surface area contributed by atoms with E-state index in [4.69, 9.17) is 0 Å². The maximum atomic E-state index is 13.0. The van der Waals surface area contributed by atoms with E-state index >= 15 is 0 Å². The summed E-state index contributed by atoms with van der Waals surface area (Å²) in [6, 6.07) is 8.59. The zero-order chi connectivity index (χ0) is 12.3. The second kappa shape index (κ2) is 5.27. The number of hydrogen-bond acceptors (Lipinski definition) is 2. The van der Waals surface area contributed by atoms with Gasteiger partial charge < -0.3 is 5.32 Å². The summed E-state index contributed by atoms with van der Waals surface area (Å²) in [7, 11) is 0. The molecule has 4 heteroatoms. The number of nitrogens with zero attached hydrogens (tertiary/aromatic N) is 1. The van der Waals surface area contributed by atoms with Gasteiger partial charge in [-0.05, 0) is 36.8 Å². The molecule has 0 saturated heterocycles. The molecular weight excluding hydrogens is 283 g/mol. The topological polar surface area (TPSA) is 24.9 Å². The van der Waals surface area contributed by atoms with Gasteiger partial charge in [0.1, 0.15) is 5.82 Å². The van der Waals surface area contributed by atoms with Gasteiger partial charge >= 0.3 is 0 Å². The van der Waals surface area contributed by atoms with Crippen molar-refractivity contribution in [2.24, 2.45) is 0 Å². The Labute approximate surface area is 108 Å². The highest BCUT2D eigenvalue weighted by Crippen LogP contribution is 2.26. The lowest BCUT2D eigenvalue weighted by Gasteiger charge is -2.16. The van der Waals surface area contributed by atoms with Crippen LogP contribution >= 0.6 is 15.9 Å². The minimum Gasteiger partial charge on any atom is -0.377 e. The Morgan fingerprint density at radius 3 is 2.82 bits per heavy atom. The number of rotatable bonds is 3. The first-order chi connectivity index (χ1) is 8.16. The number of halogens is 2. The molecule has 0 radical (unpaired) electrons. The summed E-state index contributed by atoms with van der Waals surface area (Å²) in [5, 5.41) is 3.30. The Hall–Kier alpha value is -1.42. The lowest BCUT2D eigenvalue weighted by atomic mass is 10.1. The molecule has 0 aliphatic heterocycles. The van der Waals surface area contributed by atoms with Crippen LogP contribution in [0.15, 0.2) is 47.2 Å². The molecule has 0 amide bonds. The van der Waals surface area contributed by atoms with E-state index in [0.29, 0.717) is 0 Å². The van der Waals surface area contributed by atoms with Crippen LogP contribution in [0.2, 0.25) is 0 Å². The second-order valence-electron chi connectivity index (χ2n) is 3.77. The molecule has 1 aromatic carbocycles. The van der Waals surface area contributed by atoms with Crippen LogP contribution in [0.25, 0.3) is 0 Å². The lowest BCUT2D eigenvalue weighted by molar-refractivity contribution is 0.625. The average molecular weight is 295 g/mol. The highest BCUT2D eigenvalue weighted by molar-refractivity contribution is 9.10. The molecule has 0 aliphatic rings. The minimum absolute atomic E-state index is 0.0779. The number of benzene rings is 1. The fourth-order valence-corrected chi connectivity index (χ4v) is 2.32. The highest BCUT2D eigenvalue weighted by Gasteiger charge is 2.09. The van der Waals surface area contributed by atoms with E-state index in [1.54, 1.807) is 18.5 Å². The molecule has 0 saturated carbocycles. The monoisotopic (exact) mass is 294 g/mol. The van der Waals surface area contributed by atoms with Crippen LogP contribution in [-0.2, 0) is 0 Å². The van der Waals surface area contributed by atoms with Gasteiger partial charge in [-0.2, -0.15) is 0 Å². The quantitative estimate of drug-likeness (QED) is 0.919. The van der Waals surface area contributed by atoms with Gasteiger partial charge in [-0.1, -0.05) is 22.0 Å². The summed E-state index contributed by atoms with van der Waals surface area (Å²) >= 11 is 3.37. The van der Waals surface area contributed by atoms with Gasteiger partial charge in [0.05, 0.1) is 5.69 Å².